The number of nitrogens with one attached hydrogen (secondary N) is 1. The second kappa shape index (κ2) is 6.59. The van der Waals surface area contributed by atoms with Crippen LogP contribution >= 0.6 is 0 Å². The summed E-state index contributed by atoms with van der Waals surface area (Å²) >= 11 is 0. The molecule has 1 saturated carbocycles. The van der Waals surface area contributed by atoms with E-state index in [4.69, 9.17) is 4.74 Å². The Bertz CT molecular complexity index is 435. The standard InChI is InChI=1S/C17H26N2O/c1-2-10-18-13-14-6-3-4-7-15(14)19-11-12-20-17-9-5-8-16(17)19/h3-4,6-7,16-18H,2,5,8-13H2,1H3. The van der Waals surface area contributed by atoms with Gasteiger partial charge in [-0.3, -0.25) is 0 Å². The predicted molar refractivity (Wildman–Crippen MR) is 83.2 cm³/mol. The molecule has 2 unspecified atom stereocenters. The van der Waals surface area contributed by atoms with Gasteiger partial charge in [-0.2, -0.15) is 0 Å². The highest BCUT2D eigenvalue weighted by Crippen LogP contribution is 2.34. The van der Waals surface area contributed by atoms with E-state index in [0.717, 1.165) is 26.2 Å². The van der Waals surface area contributed by atoms with E-state index in [2.05, 4.69) is 41.4 Å². The Morgan fingerprint density at radius 3 is 3.10 bits per heavy atom. The molecule has 1 heterocycles. The fraction of sp³-hybridized carbons (Fsp3) is 0.647. The molecule has 1 N–H and O–H groups in total. The molecule has 110 valence electrons. The molecule has 20 heavy (non-hydrogen) atoms. The quantitative estimate of drug-likeness (QED) is 0.836. The average molecular weight is 274 g/mol. The predicted octanol–water partition coefficient (Wildman–Crippen LogP) is 2.94. The monoisotopic (exact) mass is 274 g/mol. The van der Waals surface area contributed by atoms with Crippen molar-refractivity contribution in [1.29, 1.82) is 0 Å². The van der Waals surface area contributed by atoms with Crippen molar-refractivity contribution in [2.24, 2.45) is 0 Å². The molecule has 0 spiro atoms. The van der Waals surface area contributed by atoms with Crippen molar-refractivity contribution in [3.8, 4) is 0 Å². The fourth-order valence-corrected chi connectivity index (χ4v) is 3.57. The number of anilines is 1. The molecule has 1 saturated heterocycles. The third-order valence-electron chi connectivity index (χ3n) is 4.53. The first-order chi connectivity index (χ1) is 9.90. The van der Waals surface area contributed by atoms with Crippen LogP contribution in [-0.2, 0) is 11.3 Å². The summed E-state index contributed by atoms with van der Waals surface area (Å²) in [6, 6.07) is 9.45. The minimum absolute atomic E-state index is 0.459. The number of rotatable bonds is 5. The summed E-state index contributed by atoms with van der Waals surface area (Å²) in [5.74, 6) is 0. The lowest BCUT2D eigenvalue weighted by atomic mass is 10.1. The van der Waals surface area contributed by atoms with E-state index >= 15 is 0 Å². The Kier molecular flexibility index (Phi) is 4.58. The first kappa shape index (κ1) is 13.9. The van der Waals surface area contributed by atoms with Gasteiger partial charge in [-0.1, -0.05) is 25.1 Å². The van der Waals surface area contributed by atoms with Gasteiger partial charge in [-0.15, -0.1) is 0 Å². The van der Waals surface area contributed by atoms with Gasteiger partial charge in [0.15, 0.2) is 0 Å². The molecule has 2 atom stereocenters. The average Bonchev–Trinajstić information content (AvgIpc) is 2.96. The molecule has 2 fully saturated rings. The first-order valence-electron chi connectivity index (χ1n) is 8.07. The molecular formula is C17H26N2O. The number of ether oxygens (including phenoxy) is 1. The Balaban J connectivity index is 1.78. The van der Waals surface area contributed by atoms with E-state index in [-0.39, 0.29) is 0 Å². The Morgan fingerprint density at radius 1 is 1.30 bits per heavy atom. The molecule has 1 aromatic carbocycles. The molecule has 1 aliphatic carbocycles. The Labute approximate surface area is 122 Å². The minimum atomic E-state index is 0.459. The van der Waals surface area contributed by atoms with Crippen LogP contribution in [0.5, 0.6) is 0 Å². The third-order valence-corrected chi connectivity index (χ3v) is 4.53. The van der Waals surface area contributed by atoms with Crippen molar-refractivity contribution in [2.45, 2.75) is 51.3 Å². The van der Waals surface area contributed by atoms with Gasteiger partial charge in [-0.05, 0) is 43.9 Å². The van der Waals surface area contributed by atoms with E-state index in [1.54, 1.807) is 0 Å². The first-order valence-corrected chi connectivity index (χ1v) is 8.07. The maximum atomic E-state index is 5.93. The van der Waals surface area contributed by atoms with Crippen LogP contribution in [0.1, 0.15) is 38.2 Å². The number of morpholine rings is 1. The summed E-state index contributed by atoms with van der Waals surface area (Å²) in [6.07, 6.45) is 5.46. The van der Waals surface area contributed by atoms with E-state index in [1.807, 2.05) is 0 Å². The third kappa shape index (κ3) is 2.84. The maximum absolute atomic E-state index is 5.93. The maximum Gasteiger partial charge on any atom is 0.0779 e. The zero-order valence-electron chi connectivity index (χ0n) is 12.5. The Morgan fingerprint density at radius 2 is 2.20 bits per heavy atom. The molecule has 0 amide bonds. The minimum Gasteiger partial charge on any atom is -0.374 e. The second-order valence-electron chi connectivity index (χ2n) is 5.91. The summed E-state index contributed by atoms with van der Waals surface area (Å²) in [5.41, 5.74) is 2.84. The van der Waals surface area contributed by atoms with E-state index < -0.39 is 0 Å². The lowest BCUT2D eigenvalue weighted by Gasteiger charge is -2.40. The summed E-state index contributed by atoms with van der Waals surface area (Å²) in [6.45, 7) is 6.18. The number of fused-ring (bicyclic) bond motifs is 1. The zero-order valence-corrected chi connectivity index (χ0v) is 12.5. The fourth-order valence-electron chi connectivity index (χ4n) is 3.57. The van der Waals surface area contributed by atoms with Crippen LogP contribution in [0.4, 0.5) is 5.69 Å². The largest absolute Gasteiger partial charge is 0.374 e. The van der Waals surface area contributed by atoms with Gasteiger partial charge in [0.25, 0.3) is 0 Å². The number of hydrogen-bond acceptors (Lipinski definition) is 3. The molecule has 0 aromatic heterocycles. The molecule has 0 radical (unpaired) electrons. The highest BCUT2D eigenvalue weighted by Gasteiger charge is 2.36. The summed E-state index contributed by atoms with van der Waals surface area (Å²) in [4.78, 5) is 2.60. The van der Waals surface area contributed by atoms with Crippen LogP contribution in [0.3, 0.4) is 0 Å². The molecule has 3 nitrogen and oxygen atoms in total. The van der Waals surface area contributed by atoms with Crippen LogP contribution in [0, 0.1) is 0 Å². The SMILES string of the molecule is CCCNCc1ccccc1N1CCOC2CCCC21. The van der Waals surface area contributed by atoms with Crippen molar-refractivity contribution in [3.63, 3.8) is 0 Å². The van der Waals surface area contributed by atoms with Gasteiger partial charge in [0.2, 0.25) is 0 Å². The molecular weight excluding hydrogens is 248 g/mol. The van der Waals surface area contributed by atoms with Crippen molar-refractivity contribution >= 4 is 5.69 Å². The van der Waals surface area contributed by atoms with Gasteiger partial charge in [0.1, 0.15) is 0 Å². The number of benzene rings is 1. The van der Waals surface area contributed by atoms with E-state index in [1.165, 1.54) is 36.9 Å². The summed E-state index contributed by atoms with van der Waals surface area (Å²) < 4.78 is 5.93. The van der Waals surface area contributed by atoms with Crippen molar-refractivity contribution in [3.05, 3.63) is 29.8 Å². The lowest BCUT2D eigenvalue weighted by molar-refractivity contribution is 0.0256. The van der Waals surface area contributed by atoms with Crippen LogP contribution in [0.2, 0.25) is 0 Å². The molecule has 2 aliphatic rings. The second-order valence-corrected chi connectivity index (χ2v) is 5.91. The van der Waals surface area contributed by atoms with E-state index in [9.17, 15) is 0 Å². The van der Waals surface area contributed by atoms with Gasteiger partial charge in [0, 0.05) is 18.8 Å². The van der Waals surface area contributed by atoms with Crippen molar-refractivity contribution in [2.75, 3.05) is 24.6 Å². The molecule has 1 aliphatic heterocycles. The summed E-state index contributed by atoms with van der Waals surface area (Å²) in [7, 11) is 0. The van der Waals surface area contributed by atoms with Crippen LogP contribution in [0.15, 0.2) is 24.3 Å². The van der Waals surface area contributed by atoms with E-state index in [0.29, 0.717) is 12.1 Å². The topological polar surface area (TPSA) is 24.5 Å². The molecule has 1 aromatic rings. The van der Waals surface area contributed by atoms with Crippen LogP contribution < -0.4 is 10.2 Å². The highest BCUT2D eigenvalue weighted by molar-refractivity contribution is 5.55. The Hall–Kier alpha value is -1.06. The van der Waals surface area contributed by atoms with Gasteiger partial charge in [-0.25, -0.2) is 0 Å². The summed E-state index contributed by atoms with van der Waals surface area (Å²) in [5, 5.41) is 3.53. The highest BCUT2D eigenvalue weighted by atomic mass is 16.5. The molecule has 3 rings (SSSR count). The number of para-hydroxylation sites is 1. The zero-order chi connectivity index (χ0) is 13.8. The van der Waals surface area contributed by atoms with Crippen LogP contribution in [0.25, 0.3) is 0 Å². The van der Waals surface area contributed by atoms with Gasteiger partial charge >= 0.3 is 0 Å². The number of hydrogen-bond donors (Lipinski definition) is 1. The van der Waals surface area contributed by atoms with Gasteiger partial charge < -0.3 is 15.0 Å². The van der Waals surface area contributed by atoms with Gasteiger partial charge in [0.05, 0.1) is 18.8 Å². The lowest BCUT2D eigenvalue weighted by Crippen LogP contribution is -2.49. The smallest absolute Gasteiger partial charge is 0.0779 e. The normalized spacial score (nSPS) is 25.8. The van der Waals surface area contributed by atoms with Crippen molar-refractivity contribution in [1.82, 2.24) is 5.32 Å². The van der Waals surface area contributed by atoms with Crippen molar-refractivity contribution < 1.29 is 4.74 Å². The number of nitrogens with zero attached hydrogens (tertiary/aromatic N) is 1. The van der Waals surface area contributed by atoms with Crippen LogP contribution in [-0.4, -0.2) is 31.8 Å². The molecule has 0 bridgehead atoms. The molecule has 3 heteroatoms.